The Bertz CT molecular complexity index is 3190. The van der Waals surface area contributed by atoms with Gasteiger partial charge in [-0.2, -0.15) is 15.8 Å². The normalized spacial score (nSPS) is 11.5. The Morgan fingerprint density at radius 3 is 1.67 bits per heavy atom. The summed E-state index contributed by atoms with van der Waals surface area (Å²) in [5.74, 6) is 0. The lowest BCUT2D eigenvalue weighted by Crippen LogP contribution is -2.01. The van der Waals surface area contributed by atoms with Gasteiger partial charge in [0.25, 0.3) is 0 Å². The van der Waals surface area contributed by atoms with Gasteiger partial charge in [0.15, 0.2) is 5.58 Å². The zero-order chi connectivity index (χ0) is 34.2. The minimum Gasteiger partial charge on any atom is -0.454 e. The quantitative estimate of drug-likeness (QED) is 0.190. The third kappa shape index (κ3) is 3.95. The van der Waals surface area contributed by atoms with E-state index in [4.69, 9.17) is 4.42 Å². The van der Waals surface area contributed by atoms with E-state index in [1.54, 1.807) is 12.1 Å². The van der Waals surface area contributed by atoms with Crippen LogP contribution in [0.15, 0.2) is 144 Å². The van der Waals surface area contributed by atoms with Crippen LogP contribution in [-0.4, -0.2) is 9.13 Å². The fourth-order valence-electron chi connectivity index (χ4n) is 7.87. The van der Waals surface area contributed by atoms with E-state index in [9.17, 15) is 15.8 Å². The summed E-state index contributed by atoms with van der Waals surface area (Å²) >= 11 is 0. The molecule has 0 saturated carbocycles. The molecule has 6 heteroatoms. The van der Waals surface area contributed by atoms with E-state index in [0.29, 0.717) is 16.7 Å². The van der Waals surface area contributed by atoms with Crippen molar-refractivity contribution in [2.75, 3.05) is 0 Å². The number of para-hydroxylation sites is 4. The molecule has 0 radical (unpaired) electrons. The number of furan rings is 1. The summed E-state index contributed by atoms with van der Waals surface area (Å²) in [5.41, 5.74) is 8.89. The number of hydrogen-bond acceptors (Lipinski definition) is 4. The van der Waals surface area contributed by atoms with Gasteiger partial charge in [-0.3, -0.25) is 0 Å². The van der Waals surface area contributed by atoms with Crippen molar-refractivity contribution in [3.8, 4) is 40.7 Å². The number of rotatable bonds is 3. The van der Waals surface area contributed by atoms with E-state index in [-0.39, 0.29) is 11.1 Å². The maximum Gasteiger partial charge on any atom is 0.160 e. The molecular weight excluding hydrogens is 627 g/mol. The maximum atomic E-state index is 10.5. The van der Waals surface area contributed by atoms with E-state index in [1.165, 1.54) is 0 Å². The number of fused-ring (bicyclic) bond motifs is 10. The molecule has 6 nitrogen and oxygen atoms in total. The smallest absolute Gasteiger partial charge is 0.160 e. The third-order valence-electron chi connectivity index (χ3n) is 10.0. The van der Waals surface area contributed by atoms with Gasteiger partial charge in [0, 0.05) is 54.8 Å². The maximum absolute atomic E-state index is 10.5. The van der Waals surface area contributed by atoms with Gasteiger partial charge in [-0.15, -0.1) is 0 Å². The first-order chi connectivity index (χ1) is 25.2. The number of hydrogen-bond donors (Lipinski definition) is 0. The van der Waals surface area contributed by atoms with E-state index in [0.717, 1.165) is 76.9 Å². The zero-order valence-electron chi connectivity index (χ0n) is 26.9. The molecule has 7 aromatic carbocycles. The molecule has 234 valence electrons. The van der Waals surface area contributed by atoms with Gasteiger partial charge in [0.05, 0.1) is 44.8 Å². The number of nitriles is 3. The molecule has 51 heavy (non-hydrogen) atoms. The second-order valence-corrected chi connectivity index (χ2v) is 12.6. The number of aromatic nitrogens is 2. The molecule has 0 spiro atoms. The standard InChI is InChI=1S/C45H23N5O/c46-24-27-17-18-29(50-42-15-7-3-11-33(42)35-19-20-36-34-12-4-8-16-43(34)51-45(36)44(35)50)22-37(27)38-23-30(21-28(25-47)39(38)26-48)49-40-13-5-1-9-31(40)32-10-2-6-14-41(32)49/h1-23H. The average Bonchev–Trinajstić information content (AvgIpc) is 3.85. The molecule has 3 aromatic heterocycles. The Labute approximate surface area is 291 Å². The molecule has 3 heterocycles. The molecule has 0 fully saturated rings. The first-order valence-electron chi connectivity index (χ1n) is 16.5. The minimum absolute atomic E-state index is 0.220. The van der Waals surface area contributed by atoms with Gasteiger partial charge in [0.1, 0.15) is 17.7 Å². The lowest BCUT2D eigenvalue weighted by atomic mass is 9.92. The predicted molar refractivity (Wildman–Crippen MR) is 202 cm³/mol. The van der Waals surface area contributed by atoms with Crippen molar-refractivity contribution in [1.29, 1.82) is 15.8 Å². The van der Waals surface area contributed by atoms with Gasteiger partial charge >= 0.3 is 0 Å². The highest BCUT2D eigenvalue weighted by atomic mass is 16.3. The number of benzene rings is 7. The van der Waals surface area contributed by atoms with Gasteiger partial charge in [-0.1, -0.05) is 78.9 Å². The Morgan fingerprint density at radius 1 is 0.431 bits per heavy atom. The summed E-state index contributed by atoms with van der Waals surface area (Å²) in [6.07, 6.45) is 0. The molecule has 0 aliphatic heterocycles. The van der Waals surface area contributed by atoms with E-state index in [2.05, 4.69) is 81.9 Å². The molecule has 0 unspecified atom stereocenters. The topological polar surface area (TPSA) is 94.4 Å². The molecule has 0 N–H and O–H groups in total. The Kier molecular flexibility index (Phi) is 5.97. The van der Waals surface area contributed by atoms with Crippen LogP contribution in [-0.2, 0) is 0 Å². The van der Waals surface area contributed by atoms with E-state index < -0.39 is 0 Å². The Balaban J connectivity index is 1.29. The molecule has 10 rings (SSSR count). The van der Waals surface area contributed by atoms with Crippen molar-refractivity contribution < 1.29 is 4.42 Å². The fourth-order valence-corrected chi connectivity index (χ4v) is 7.87. The summed E-state index contributed by atoms with van der Waals surface area (Å²) in [6.45, 7) is 0. The zero-order valence-corrected chi connectivity index (χ0v) is 26.9. The van der Waals surface area contributed by atoms with E-state index >= 15 is 0 Å². The van der Waals surface area contributed by atoms with Crippen molar-refractivity contribution in [3.63, 3.8) is 0 Å². The van der Waals surface area contributed by atoms with Crippen molar-refractivity contribution >= 4 is 65.6 Å². The van der Waals surface area contributed by atoms with Crippen LogP contribution < -0.4 is 0 Å². The van der Waals surface area contributed by atoms with Crippen LogP contribution in [0.5, 0.6) is 0 Å². The minimum atomic E-state index is 0.220. The van der Waals surface area contributed by atoms with Gasteiger partial charge in [0.2, 0.25) is 0 Å². The SMILES string of the molecule is N#Cc1ccc(-n2c3ccccc3c3ccc4c5ccccc5oc4c32)cc1-c1cc(-n2c3ccccc3c3ccccc32)cc(C#N)c1C#N. The van der Waals surface area contributed by atoms with E-state index in [1.807, 2.05) is 72.8 Å². The summed E-state index contributed by atoms with van der Waals surface area (Å²) < 4.78 is 10.9. The van der Waals surface area contributed by atoms with Crippen molar-refractivity contribution in [1.82, 2.24) is 9.13 Å². The molecule has 0 bridgehead atoms. The summed E-state index contributed by atoms with van der Waals surface area (Å²) in [5, 5.41) is 37.7. The summed E-state index contributed by atoms with van der Waals surface area (Å²) in [4.78, 5) is 0. The molecule has 0 amide bonds. The highest BCUT2D eigenvalue weighted by Crippen LogP contribution is 2.42. The Morgan fingerprint density at radius 2 is 1.00 bits per heavy atom. The molecule has 10 aromatic rings. The van der Waals surface area contributed by atoms with Crippen LogP contribution in [0.2, 0.25) is 0 Å². The monoisotopic (exact) mass is 649 g/mol. The molecule has 0 saturated heterocycles. The molecule has 0 atom stereocenters. The highest BCUT2D eigenvalue weighted by molar-refractivity contribution is 6.21. The Hall–Kier alpha value is -7.59. The highest BCUT2D eigenvalue weighted by Gasteiger charge is 2.22. The molecule has 0 aliphatic rings. The second kappa shape index (κ2) is 10.7. The molecule has 0 aliphatic carbocycles. The van der Waals surface area contributed by atoms with Crippen LogP contribution in [0.25, 0.3) is 88.1 Å². The van der Waals surface area contributed by atoms with Crippen molar-refractivity contribution in [3.05, 3.63) is 156 Å². The van der Waals surface area contributed by atoms with Crippen LogP contribution in [0.1, 0.15) is 16.7 Å². The average molecular weight is 650 g/mol. The van der Waals surface area contributed by atoms with Crippen LogP contribution >= 0.6 is 0 Å². The lowest BCUT2D eigenvalue weighted by Gasteiger charge is -2.16. The molecular formula is C45H23N5O. The summed E-state index contributed by atoms with van der Waals surface area (Å²) in [7, 11) is 0. The first kappa shape index (κ1) is 28.4. The predicted octanol–water partition coefficient (Wildman–Crippen LogP) is 11.1. The van der Waals surface area contributed by atoms with Crippen LogP contribution in [0.3, 0.4) is 0 Å². The van der Waals surface area contributed by atoms with Crippen LogP contribution in [0.4, 0.5) is 0 Å². The van der Waals surface area contributed by atoms with Gasteiger partial charge in [-0.05, 0) is 60.7 Å². The van der Waals surface area contributed by atoms with Crippen LogP contribution in [0, 0.1) is 34.0 Å². The lowest BCUT2D eigenvalue weighted by molar-refractivity contribution is 0.671. The van der Waals surface area contributed by atoms with Gasteiger partial charge < -0.3 is 13.6 Å². The first-order valence-corrected chi connectivity index (χ1v) is 16.5. The van der Waals surface area contributed by atoms with Crippen molar-refractivity contribution in [2.45, 2.75) is 0 Å². The third-order valence-corrected chi connectivity index (χ3v) is 10.0. The second-order valence-electron chi connectivity index (χ2n) is 12.6. The fraction of sp³-hybridized carbons (Fsp3) is 0. The summed E-state index contributed by atoms with van der Waals surface area (Å²) in [6, 6.07) is 53.2. The van der Waals surface area contributed by atoms with Crippen molar-refractivity contribution in [2.24, 2.45) is 0 Å². The number of nitrogens with zero attached hydrogens (tertiary/aromatic N) is 5. The largest absolute Gasteiger partial charge is 0.454 e. The van der Waals surface area contributed by atoms with Gasteiger partial charge in [-0.25, -0.2) is 0 Å².